The molecule has 2 heterocycles. The van der Waals surface area contributed by atoms with Crippen molar-refractivity contribution in [2.75, 3.05) is 86.1 Å². The fraction of sp³-hybridized carbons (Fsp3) is 0.344. The van der Waals surface area contributed by atoms with Crippen molar-refractivity contribution in [2.45, 2.75) is 51.2 Å². The van der Waals surface area contributed by atoms with Gasteiger partial charge in [0, 0.05) is 70.5 Å². The van der Waals surface area contributed by atoms with E-state index in [1.807, 2.05) is 12.1 Å². The fourth-order valence-electron chi connectivity index (χ4n) is 10.2. The third-order valence-electron chi connectivity index (χ3n) is 14.5. The second-order valence-electron chi connectivity index (χ2n) is 18.8. The number of methoxy groups -OCH3 is 1. The van der Waals surface area contributed by atoms with Crippen LogP contribution in [0, 0.1) is 5.82 Å². The number of hydrogen-bond donors (Lipinski definition) is 0. The summed E-state index contributed by atoms with van der Waals surface area (Å²) < 4.78 is 19.5. The standard InChI is InChI=1S/C61H72FN5O/c1-48(51-29-33-58(68-4)34-30-51)66(41-35-59(52-17-8-5-9-18-52)53-19-10-6-11-20-53)40-16-39-65-44-43-63(3)61(47-65)56-25-23-55(24-26-56)60(54-21-12-7-13-22-54)36-42-67(46-45-64-37-14-15-38-64)49(2)50-27-31-57(62)32-28-50/h5-13,17-36,48-49,61H,14-16,37-47H2,1-4H3/b60-36-/t48-,49-,61?/m1/s1. The molecule has 354 valence electrons. The quantitative estimate of drug-likeness (QED) is 0.0714. The molecule has 0 spiro atoms. The maximum Gasteiger partial charge on any atom is 0.123 e. The van der Waals surface area contributed by atoms with E-state index in [9.17, 15) is 4.39 Å². The summed E-state index contributed by atoms with van der Waals surface area (Å²) in [4.78, 5) is 13.0. The number of ether oxygens (including phenoxy) is 1. The molecule has 0 amide bonds. The molecular formula is C61H72FN5O. The molecule has 1 unspecified atom stereocenters. The van der Waals surface area contributed by atoms with Gasteiger partial charge >= 0.3 is 0 Å². The van der Waals surface area contributed by atoms with Crippen LogP contribution in [0.1, 0.15) is 90.2 Å². The molecule has 2 saturated heterocycles. The lowest BCUT2D eigenvalue weighted by Gasteiger charge is -2.40. The van der Waals surface area contributed by atoms with Crippen molar-refractivity contribution in [3.8, 4) is 5.75 Å². The molecule has 0 bridgehead atoms. The molecule has 3 atom stereocenters. The number of likely N-dealkylation sites (N-methyl/N-ethyl adjacent to an activating group) is 1. The molecule has 0 saturated carbocycles. The van der Waals surface area contributed by atoms with Gasteiger partial charge in [0.2, 0.25) is 0 Å². The summed E-state index contributed by atoms with van der Waals surface area (Å²) in [6, 6.07) is 58.2. The van der Waals surface area contributed by atoms with Crippen LogP contribution in [0.15, 0.2) is 176 Å². The molecule has 2 fully saturated rings. The first-order valence-corrected chi connectivity index (χ1v) is 25.0. The summed E-state index contributed by atoms with van der Waals surface area (Å²) in [5.74, 6) is 0.695. The molecule has 6 aromatic rings. The summed E-state index contributed by atoms with van der Waals surface area (Å²) in [7, 11) is 4.01. The Morgan fingerprint density at radius 1 is 0.574 bits per heavy atom. The van der Waals surface area contributed by atoms with Crippen molar-refractivity contribution in [3.05, 3.63) is 221 Å². The van der Waals surface area contributed by atoms with Crippen molar-refractivity contribution in [1.29, 1.82) is 0 Å². The Kier molecular flexibility index (Phi) is 17.6. The fourth-order valence-corrected chi connectivity index (χ4v) is 10.2. The van der Waals surface area contributed by atoms with Crippen LogP contribution in [0.4, 0.5) is 4.39 Å². The molecule has 0 aliphatic carbocycles. The molecular weight excluding hydrogens is 838 g/mol. The zero-order chi connectivity index (χ0) is 47.1. The maximum atomic E-state index is 14.0. The van der Waals surface area contributed by atoms with Crippen LogP contribution in [0.5, 0.6) is 5.75 Å². The molecule has 2 aliphatic heterocycles. The molecule has 0 N–H and O–H groups in total. The number of nitrogens with zero attached hydrogens (tertiary/aromatic N) is 5. The third-order valence-corrected chi connectivity index (χ3v) is 14.5. The van der Waals surface area contributed by atoms with Gasteiger partial charge in [-0.3, -0.25) is 14.7 Å². The lowest BCUT2D eigenvalue weighted by atomic mass is 9.94. The van der Waals surface area contributed by atoms with Crippen LogP contribution in [-0.4, -0.2) is 111 Å². The molecule has 0 aromatic heterocycles. The summed E-state index contributed by atoms with van der Waals surface area (Å²) >= 11 is 0. The zero-order valence-corrected chi connectivity index (χ0v) is 40.9. The Labute approximate surface area is 407 Å². The van der Waals surface area contributed by atoms with Crippen molar-refractivity contribution >= 4 is 11.1 Å². The highest BCUT2D eigenvalue weighted by Gasteiger charge is 2.27. The summed E-state index contributed by atoms with van der Waals surface area (Å²) in [5, 5.41) is 0. The monoisotopic (exact) mass is 910 g/mol. The van der Waals surface area contributed by atoms with E-state index in [-0.39, 0.29) is 17.9 Å². The van der Waals surface area contributed by atoms with Crippen molar-refractivity contribution in [3.63, 3.8) is 0 Å². The van der Waals surface area contributed by atoms with Gasteiger partial charge in [-0.2, -0.15) is 0 Å². The Morgan fingerprint density at radius 3 is 1.57 bits per heavy atom. The van der Waals surface area contributed by atoms with Crippen LogP contribution in [0.25, 0.3) is 11.1 Å². The first kappa shape index (κ1) is 48.8. The van der Waals surface area contributed by atoms with Gasteiger partial charge in [0.05, 0.1) is 7.11 Å². The predicted molar refractivity (Wildman–Crippen MR) is 281 cm³/mol. The molecule has 7 heteroatoms. The van der Waals surface area contributed by atoms with Crippen LogP contribution >= 0.6 is 0 Å². The number of piperazine rings is 1. The van der Waals surface area contributed by atoms with E-state index in [1.165, 1.54) is 70.5 Å². The second-order valence-corrected chi connectivity index (χ2v) is 18.8. The van der Waals surface area contributed by atoms with Crippen LogP contribution in [0.2, 0.25) is 0 Å². The first-order valence-electron chi connectivity index (χ1n) is 25.0. The normalized spacial score (nSPS) is 17.1. The maximum absolute atomic E-state index is 14.0. The number of rotatable bonds is 21. The smallest absolute Gasteiger partial charge is 0.123 e. The Bertz CT molecular complexity index is 2430. The molecule has 2 aliphatic rings. The van der Waals surface area contributed by atoms with Crippen molar-refractivity contribution in [2.24, 2.45) is 0 Å². The average molecular weight is 910 g/mol. The zero-order valence-electron chi connectivity index (χ0n) is 40.9. The Hall–Kier alpha value is -5.67. The van der Waals surface area contributed by atoms with E-state index in [0.717, 1.165) is 76.6 Å². The van der Waals surface area contributed by atoms with Gasteiger partial charge < -0.3 is 14.5 Å². The summed E-state index contributed by atoms with van der Waals surface area (Å²) in [6.45, 7) is 15.7. The minimum Gasteiger partial charge on any atom is -0.497 e. The summed E-state index contributed by atoms with van der Waals surface area (Å²) in [6.07, 6.45) is 8.49. The SMILES string of the molecule is COc1ccc([C@@H](C)N(CC=C(c2ccccc2)c2ccccc2)CCCN2CCN(C)C(c3ccc(/C(=C\CN(CCN4CCCC4)[C@H](C)c4ccc(F)cc4)c4ccccc4)cc3)C2)cc1. The van der Waals surface area contributed by atoms with E-state index >= 15 is 0 Å². The molecule has 8 rings (SSSR count). The van der Waals surface area contributed by atoms with Gasteiger partial charge in [-0.1, -0.05) is 152 Å². The number of likely N-dealkylation sites (tertiary alicyclic amines) is 1. The third kappa shape index (κ3) is 13.1. The lowest BCUT2D eigenvalue weighted by Crippen LogP contribution is -2.47. The van der Waals surface area contributed by atoms with Crippen molar-refractivity contribution in [1.82, 2.24) is 24.5 Å². The number of benzene rings is 6. The van der Waals surface area contributed by atoms with Crippen LogP contribution in [0.3, 0.4) is 0 Å². The average Bonchev–Trinajstić information content (AvgIpc) is 3.92. The molecule has 0 radical (unpaired) electrons. The Balaban J connectivity index is 0.964. The van der Waals surface area contributed by atoms with Gasteiger partial charge in [-0.15, -0.1) is 0 Å². The lowest BCUT2D eigenvalue weighted by molar-refractivity contribution is 0.0905. The van der Waals surface area contributed by atoms with Gasteiger partial charge in [0.1, 0.15) is 11.6 Å². The number of halogens is 1. The Morgan fingerprint density at radius 2 is 1.06 bits per heavy atom. The van der Waals surface area contributed by atoms with E-state index in [0.29, 0.717) is 6.04 Å². The minimum atomic E-state index is -0.189. The highest BCUT2D eigenvalue weighted by atomic mass is 19.1. The van der Waals surface area contributed by atoms with Crippen LogP contribution in [-0.2, 0) is 0 Å². The van der Waals surface area contributed by atoms with E-state index in [1.54, 1.807) is 19.2 Å². The summed E-state index contributed by atoms with van der Waals surface area (Å²) in [5.41, 5.74) is 11.2. The van der Waals surface area contributed by atoms with E-state index < -0.39 is 0 Å². The van der Waals surface area contributed by atoms with Crippen LogP contribution < -0.4 is 4.74 Å². The highest BCUT2D eigenvalue weighted by Crippen LogP contribution is 2.31. The molecule has 6 aromatic carbocycles. The van der Waals surface area contributed by atoms with Gasteiger partial charge in [-0.05, 0) is 134 Å². The van der Waals surface area contributed by atoms with Gasteiger partial charge in [0.15, 0.2) is 0 Å². The topological polar surface area (TPSA) is 25.4 Å². The van der Waals surface area contributed by atoms with E-state index in [2.05, 4.69) is 197 Å². The minimum absolute atomic E-state index is 0.155. The molecule has 68 heavy (non-hydrogen) atoms. The number of hydrogen-bond acceptors (Lipinski definition) is 6. The largest absolute Gasteiger partial charge is 0.497 e. The molecule has 6 nitrogen and oxygen atoms in total. The van der Waals surface area contributed by atoms with Gasteiger partial charge in [0.25, 0.3) is 0 Å². The van der Waals surface area contributed by atoms with Gasteiger partial charge in [-0.25, -0.2) is 4.39 Å². The first-order chi connectivity index (χ1) is 33.3. The second kappa shape index (κ2) is 24.6. The van der Waals surface area contributed by atoms with Crippen molar-refractivity contribution < 1.29 is 9.13 Å². The predicted octanol–water partition coefficient (Wildman–Crippen LogP) is 12.3. The van der Waals surface area contributed by atoms with E-state index in [4.69, 9.17) is 4.74 Å². The highest BCUT2D eigenvalue weighted by molar-refractivity contribution is 5.80.